The molecule has 3 nitrogen and oxygen atoms in total. The molecule has 3 N–H and O–H groups in total. The highest BCUT2D eigenvalue weighted by Crippen LogP contribution is 2.29. The van der Waals surface area contributed by atoms with Gasteiger partial charge >= 0.3 is 5.97 Å². The average Bonchev–Trinajstić information content (AvgIpc) is 2.34. The van der Waals surface area contributed by atoms with E-state index in [2.05, 4.69) is 0 Å². The van der Waals surface area contributed by atoms with Crippen LogP contribution in [0.4, 0.5) is 4.39 Å². The lowest BCUT2D eigenvalue weighted by atomic mass is 9.83. The molecule has 0 fully saturated rings. The molecule has 4 heteroatoms. The minimum atomic E-state index is -0.865. The molecule has 1 rings (SSSR count). The third kappa shape index (κ3) is 3.81. The third-order valence-corrected chi connectivity index (χ3v) is 3.52. The molecule has 0 saturated heterocycles. The zero-order chi connectivity index (χ0) is 13.7. The number of benzene rings is 1. The van der Waals surface area contributed by atoms with Gasteiger partial charge in [0.25, 0.3) is 0 Å². The lowest BCUT2D eigenvalue weighted by molar-refractivity contribution is -0.142. The van der Waals surface area contributed by atoms with E-state index >= 15 is 0 Å². The van der Waals surface area contributed by atoms with Gasteiger partial charge in [-0.25, -0.2) is 4.39 Å². The van der Waals surface area contributed by atoms with Crippen LogP contribution in [0.25, 0.3) is 0 Å². The van der Waals surface area contributed by atoms with Gasteiger partial charge < -0.3 is 10.8 Å². The van der Waals surface area contributed by atoms with Crippen molar-refractivity contribution in [2.45, 2.75) is 26.2 Å². The van der Waals surface area contributed by atoms with Gasteiger partial charge in [-0.05, 0) is 36.0 Å². The van der Waals surface area contributed by atoms with Crippen molar-refractivity contribution in [3.05, 3.63) is 35.6 Å². The Morgan fingerprint density at radius 1 is 1.44 bits per heavy atom. The minimum Gasteiger partial charge on any atom is -0.481 e. The van der Waals surface area contributed by atoms with E-state index in [0.29, 0.717) is 6.42 Å². The predicted molar refractivity (Wildman–Crippen MR) is 68.8 cm³/mol. The molecule has 0 aliphatic heterocycles. The van der Waals surface area contributed by atoms with Crippen molar-refractivity contribution in [2.24, 2.45) is 17.6 Å². The molecule has 1 aromatic rings. The first-order valence-corrected chi connectivity index (χ1v) is 6.14. The fourth-order valence-corrected chi connectivity index (χ4v) is 2.07. The van der Waals surface area contributed by atoms with Gasteiger partial charge in [0.05, 0.1) is 5.92 Å². The van der Waals surface area contributed by atoms with Gasteiger partial charge in [0, 0.05) is 6.54 Å². The SMILES string of the molecule is CC(CC(CN)C(=O)O)C(C)c1cccc(F)c1. The number of hydrogen-bond donors (Lipinski definition) is 2. The van der Waals surface area contributed by atoms with Crippen molar-refractivity contribution in [1.29, 1.82) is 0 Å². The third-order valence-electron chi connectivity index (χ3n) is 3.52. The minimum absolute atomic E-state index is 0.106. The number of carboxylic acids is 1. The Morgan fingerprint density at radius 3 is 2.61 bits per heavy atom. The van der Waals surface area contributed by atoms with Crippen LogP contribution in [-0.4, -0.2) is 17.6 Å². The van der Waals surface area contributed by atoms with Crippen molar-refractivity contribution >= 4 is 5.97 Å². The summed E-state index contributed by atoms with van der Waals surface area (Å²) in [5.41, 5.74) is 6.34. The van der Waals surface area contributed by atoms with Crippen molar-refractivity contribution < 1.29 is 14.3 Å². The quantitative estimate of drug-likeness (QED) is 0.819. The molecule has 0 aliphatic carbocycles. The summed E-state index contributed by atoms with van der Waals surface area (Å²) in [7, 11) is 0. The zero-order valence-corrected chi connectivity index (χ0v) is 10.8. The summed E-state index contributed by atoms with van der Waals surface area (Å²) >= 11 is 0. The van der Waals surface area contributed by atoms with Gasteiger partial charge in [0.1, 0.15) is 5.82 Å². The van der Waals surface area contributed by atoms with Crippen LogP contribution >= 0.6 is 0 Å². The van der Waals surface area contributed by atoms with Gasteiger partial charge in [-0.15, -0.1) is 0 Å². The van der Waals surface area contributed by atoms with E-state index in [4.69, 9.17) is 10.8 Å². The van der Waals surface area contributed by atoms with Crippen LogP contribution in [0.15, 0.2) is 24.3 Å². The molecule has 3 atom stereocenters. The summed E-state index contributed by atoms with van der Waals surface area (Å²) < 4.78 is 13.1. The van der Waals surface area contributed by atoms with Gasteiger partial charge in [-0.2, -0.15) is 0 Å². The summed E-state index contributed by atoms with van der Waals surface area (Å²) in [6.07, 6.45) is 0.503. The van der Waals surface area contributed by atoms with Gasteiger partial charge in [0.2, 0.25) is 0 Å². The number of aliphatic carboxylic acids is 1. The number of carboxylic acid groups (broad SMARTS) is 1. The zero-order valence-electron chi connectivity index (χ0n) is 10.8. The number of nitrogens with two attached hydrogens (primary N) is 1. The second kappa shape index (κ2) is 6.50. The fraction of sp³-hybridized carbons (Fsp3) is 0.500. The molecule has 0 aromatic heterocycles. The Bertz CT molecular complexity index is 409. The first kappa shape index (κ1) is 14.6. The summed E-state index contributed by atoms with van der Waals surface area (Å²) in [5, 5.41) is 8.98. The molecule has 3 unspecified atom stereocenters. The number of rotatable bonds is 6. The molecular formula is C14H20FNO2. The van der Waals surface area contributed by atoms with Crippen LogP contribution in [0.1, 0.15) is 31.7 Å². The largest absolute Gasteiger partial charge is 0.481 e. The second-order valence-electron chi connectivity index (χ2n) is 4.83. The Balaban J connectivity index is 2.72. The van der Waals surface area contributed by atoms with E-state index in [-0.39, 0.29) is 24.2 Å². The summed E-state index contributed by atoms with van der Waals surface area (Å²) in [6.45, 7) is 4.09. The van der Waals surface area contributed by atoms with E-state index in [1.54, 1.807) is 6.07 Å². The van der Waals surface area contributed by atoms with Gasteiger partial charge in [0.15, 0.2) is 0 Å². The molecule has 1 aromatic carbocycles. The van der Waals surface area contributed by atoms with Crippen LogP contribution in [0.5, 0.6) is 0 Å². The molecule has 100 valence electrons. The molecule has 0 amide bonds. The first-order valence-electron chi connectivity index (χ1n) is 6.14. The molecule has 0 saturated carbocycles. The highest BCUT2D eigenvalue weighted by atomic mass is 19.1. The molecular weight excluding hydrogens is 233 g/mol. The summed E-state index contributed by atoms with van der Waals surface area (Å²) in [4.78, 5) is 10.9. The number of hydrogen-bond acceptors (Lipinski definition) is 2. The Labute approximate surface area is 107 Å². The summed E-state index contributed by atoms with van der Waals surface area (Å²) in [6, 6.07) is 6.44. The topological polar surface area (TPSA) is 63.3 Å². The van der Waals surface area contributed by atoms with Crippen LogP contribution in [-0.2, 0) is 4.79 Å². The van der Waals surface area contributed by atoms with Crippen molar-refractivity contribution in [3.63, 3.8) is 0 Å². The van der Waals surface area contributed by atoms with E-state index in [1.807, 2.05) is 19.9 Å². The molecule has 18 heavy (non-hydrogen) atoms. The van der Waals surface area contributed by atoms with Gasteiger partial charge in [-0.1, -0.05) is 26.0 Å². The van der Waals surface area contributed by atoms with Crippen molar-refractivity contribution in [2.75, 3.05) is 6.54 Å². The van der Waals surface area contributed by atoms with Crippen LogP contribution in [0.3, 0.4) is 0 Å². The first-order chi connectivity index (χ1) is 8.45. The average molecular weight is 253 g/mol. The van der Waals surface area contributed by atoms with Crippen molar-refractivity contribution in [1.82, 2.24) is 0 Å². The van der Waals surface area contributed by atoms with Crippen LogP contribution in [0.2, 0.25) is 0 Å². The smallest absolute Gasteiger partial charge is 0.307 e. The summed E-state index contributed by atoms with van der Waals surface area (Å²) in [5.74, 6) is -1.42. The van der Waals surface area contributed by atoms with Gasteiger partial charge in [-0.3, -0.25) is 4.79 Å². The normalized spacial score (nSPS) is 16.0. The maximum absolute atomic E-state index is 13.1. The Kier molecular flexibility index (Phi) is 5.28. The highest BCUT2D eigenvalue weighted by molar-refractivity contribution is 5.70. The number of halogens is 1. The number of carbonyl (C=O) groups is 1. The predicted octanol–water partition coefficient (Wildman–Crippen LogP) is 2.61. The van der Waals surface area contributed by atoms with Crippen LogP contribution < -0.4 is 5.73 Å². The second-order valence-corrected chi connectivity index (χ2v) is 4.83. The monoisotopic (exact) mass is 253 g/mol. The maximum Gasteiger partial charge on any atom is 0.307 e. The standard InChI is InChI=1S/C14H20FNO2/c1-9(6-12(8-16)14(17)18)10(2)11-4-3-5-13(15)7-11/h3-5,7,9-10,12H,6,8,16H2,1-2H3,(H,17,18). The van der Waals surface area contributed by atoms with E-state index < -0.39 is 11.9 Å². The molecule has 0 radical (unpaired) electrons. The lowest BCUT2D eigenvalue weighted by Gasteiger charge is -2.23. The highest BCUT2D eigenvalue weighted by Gasteiger charge is 2.23. The molecule has 0 bridgehead atoms. The molecule has 0 heterocycles. The van der Waals surface area contributed by atoms with Crippen molar-refractivity contribution in [3.8, 4) is 0 Å². The molecule has 0 spiro atoms. The maximum atomic E-state index is 13.1. The Hall–Kier alpha value is -1.42. The lowest BCUT2D eigenvalue weighted by Crippen LogP contribution is -2.26. The fourth-order valence-electron chi connectivity index (χ4n) is 2.07. The van der Waals surface area contributed by atoms with E-state index in [9.17, 15) is 9.18 Å². The molecule has 0 aliphatic rings. The van der Waals surface area contributed by atoms with Crippen LogP contribution in [0, 0.1) is 17.7 Å². The van der Waals surface area contributed by atoms with E-state index in [1.165, 1.54) is 12.1 Å². The van der Waals surface area contributed by atoms with E-state index in [0.717, 1.165) is 5.56 Å². The Morgan fingerprint density at radius 2 is 2.11 bits per heavy atom.